The first-order chi connectivity index (χ1) is 7.65. The van der Waals surface area contributed by atoms with Gasteiger partial charge in [0.2, 0.25) is 0 Å². The number of aliphatic hydroxyl groups is 1. The van der Waals surface area contributed by atoms with E-state index in [1.54, 1.807) is 0 Å². The SMILES string of the molecule is CC(C)(C)[Si](C)(C)OC[C@H]1OCC[C@H](F)[C@@H]1O. The molecule has 1 fully saturated rings. The molecular weight excluding hydrogens is 239 g/mol. The Labute approximate surface area is 104 Å². The molecule has 3 atom stereocenters. The van der Waals surface area contributed by atoms with Crippen molar-refractivity contribution in [2.75, 3.05) is 13.2 Å². The second-order valence-corrected chi connectivity index (χ2v) is 11.1. The number of ether oxygens (including phenoxy) is 1. The van der Waals surface area contributed by atoms with E-state index >= 15 is 0 Å². The minimum absolute atomic E-state index is 0.113. The average Bonchev–Trinajstić information content (AvgIpc) is 2.18. The summed E-state index contributed by atoms with van der Waals surface area (Å²) in [6, 6.07) is 0. The quantitative estimate of drug-likeness (QED) is 0.796. The molecule has 1 aliphatic heterocycles. The van der Waals surface area contributed by atoms with Crippen molar-refractivity contribution in [2.24, 2.45) is 0 Å². The van der Waals surface area contributed by atoms with E-state index in [0.717, 1.165) is 0 Å². The van der Waals surface area contributed by atoms with Crippen LogP contribution in [0.2, 0.25) is 18.1 Å². The van der Waals surface area contributed by atoms with Crippen LogP contribution in [0.4, 0.5) is 4.39 Å². The fourth-order valence-corrected chi connectivity index (χ4v) is 2.50. The molecule has 1 N–H and O–H groups in total. The van der Waals surface area contributed by atoms with Gasteiger partial charge in [-0.1, -0.05) is 20.8 Å². The smallest absolute Gasteiger partial charge is 0.192 e. The molecule has 0 aliphatic carbocycles. The Hall–Kier alpha value is 0.0269. The van der Waals surface area contributed by atoms with Crippen molar-refractivity contribution in [3.63, 3.8) is 0 Å². The largest absolute Gasteiger partial charge is 0.414 e. The molecular formula is C12H25FO3Si. The van der Waals surface area contributed by atoms with Gasteiger partial charge in [-0.25, -0.2) is 4.39 Å². The monoisotopic (exact) mass is 264 g/mol. The number of hydrogen-bond donors (Lipinski definition) is 1. The minimum atomic E-state index is -1.85. The summed E-state index contributed by atoms with van der Waals surface area (Å²) in [4.78, 5) is 0. The molecule has 5 heteroatoms. The average molecular weight is 264 g/mol. The van der Waals surface area contributed by atoms with Gasteiger partial charge in [0.15, 0.2) is 8.32 Å². The van der Waals surface area contributed by atoms with Crippen molar-refractivity contribution >= 4 is 8.32 Å². The fraction of sp³-hybridized carbons (Fsp3) is 1.00. The van der Waals surface area contributed by atoms with Crippen LogP contribution in [0.5, 0.6) is 0 Å². The molecule has 0 aromatic carbocycles. The Bertz CT molecular complexity index is 253. The predicted molar refractivity (Wildman–Crippen MR) is 68.4 cm³/mol. The van der Waals surface area contributed by atoms with Crippen molar-refractivity contribution < 1.29 is 18.7 Å². The second-order valence-electron chi connectivity index (χ2n) is 6.28. The molecule has 0 aromatic heterocycles. The summed E-state index contributed by atoms with van der Waals surface area (Å²) in [5, 5.41) is 9.79. The van der Waals surface area contributed by atoms with E-state index in [-0.39, 0.29) is 18.1 Å². The molecule has 1 saturated heterocycles. The van der Waals surface area contributed by atoms with Crippen LogP contribution in [0.15, 0.2) is 0 Å². The zero-order valence-corrected chi connectivity index (χ0v) is 12.5. The summed E-state index contributed by atoms with van der Waals surface area (Å²) < 4.78 is 24.6. The first-order valence-corrected chi connectivity index (χ1v) is 9.14. The number of halogens is 1. The predicted octanol–water partition coefficient (Wildman–Crippen LogP) is 2.50. The molecule has 17 heavy (non-hydrogen) atoms. The van der Waals surface area contributed by atoms with E-state index < -0.39 is 26.7 Å². The number of rotatable bonds is 3. The maximum atomic E-state index is 13.3. The van der Waals surface area contributed by atoms with Crippen LogP contribution in [0.3, 0.4) is 0 Å². The number of alkyl halides is 1. The van der Waals surface area contributed by atoms with Gasteiger partial charge in [0.1, 0.15) is 18.4 Å². The second kappa shape index (κ2) is 5.34. The Balaban J connectivity index is 2.50. The van der Waals surface area contributed by atoms with E-state index in [9.17, 15) is 9.50 Å². The molecule has 102 valence electrons. The van der Waals surface area contributed by atoms with Crippen LogP contribution >= 0.6 is 0 Å². The van der Waals surface area contributed by atoms with Gasteiger partial charge < -0.3 is 14.3 Å². The number of aliphatic hydroxyl groups excluding tert-OH is 1. The molecule has 0 aromatic rings. The lowest BCUT2D eigenvalue weighted by Gasteiger charge is -2.39. The van der Waals surface area contributed by atoms with Crippen molar-refractivity contribution in [2.45, 2.75) is 63.7 Å². The molecule has 0 radical (unpaired) electrons. The van der Waals surface area contributed by atoms with Crippen LogP contribution in [-0.2, 0) is 9.16 Å². The summed E-state index contributed by atoms with van der Waals surface area (Å²) in [7, 11) is -1.85. The van der Waals surface area contributed by atoms with Crippen LogP contribution < -0.4 is 0 Å². The van der Waals surface area contributed by atoms with Crippen molar-refractivity contribution in [3.8, 4) is 0 Å². The molecule has 3 nitrogen and oxygen atoms in total. The molecule has 0 amide bonds. The van der Waals surface area contributed by atoms with E-state index in [1.165, 1.54) is 0 Å². The van der Waals surface area contributed by atoms with E-state index in [4.69, 9.17) is 9.16 Å². The Morgan fingerprint density at radius 1 is 1.41 bits per heavy atom. The molecule has 1 rings (SSSR count). The van der Waals surface area contributed by atoms with Crippen LogP contribution in [0, 0.1) is 0 Å². The van der Waals surface area contributed by atoms with Gasteiger partial charge in [0.25, 0.3) is 0 Å². The maximum Gasteiger partial charge on any atom is 0.192 e. The normalized spacial score (nSPS) is 31.6. The third kappa shape index (κ3) is 3.74. The van der Waals surface area contributed by atoms with Crippen molar-refractivity contribution in [1.29, 1.82) is 0 Å². The van der Waals surface area contributed by atoms with Gasteiger partial charge in [-0.05, 0) is 18.1 Å². The zero-order valence-electron chi connectivity index (χ0n) is 11.5. The molecule has 0 bridgehead atoms. The first kappa shape index (κ1) is 15.1. The molecule has 1 aliphatic rings. The highest BCUT2D eigenvalue weighted by Gasteiger charge is 2.40. The molecule has 0 unspecified atom stereocenters. The highest BCUT2D eigenvalue weighted by Crippen LogP contribution is 2.36. The highest BCUT2D eigenvalue weighted by atomic mass is 28.4. The summed E-state index contributed by atoms with van der Waals surface area (Å²) in [5.41, 5.74) is 0. The third-order valence-corrected chi connectivity index (χ3v) is 8.39. The molecule has 0 spiro atoms. The highest BCUT2D eigenvalue weighted by molar-refractivity contribution is 6.74. The van der Waals surface area contributed by atoms with E-state index in [0.29, 0.717) is 6.61 Å². The van der Waals surface area contributed by atoms with Crippen LogP contribution in [0.25, 0.3) is 0 Å². The summed E-state index contributed by atoms with van der Waals surface area (Å²) in [5.74, 6) is 0. The molecule has 0 saturated carbocycles. The third-order valence-electron chi connectivity index (χ3n) is 3.89. The van der Waals surface area contributed by atoms with Gasteiger partial charge in [-0.3, -0.25) is 0 Å². The summed E-state index contributed by atoms with van der Waals surface area (Å²) in [6.07, 6.45) is -2.48. The summed E-state index contributed by atoms with van der Waals surface area (Å²) >= 11 is 0. The first-order valence-electron chi connectivity index (χ1n) is 6.23. The number of hydrogen-bond acceptors (Lipinski definition) is 3. The van der Waals surface area contributed by atoms with Gasteiger partial charge in [-0.15, -0.1) is 0 Å². The van der Waals surface area contributed by atoms with Gasteiger partial charge in [-0.2, -0.15) is 0 Å². The lowest BCUT2D eigenvalue weighted by molar-refractivity contribution is -0.125. The topological polar surface area (TPSA) is 38.7 Å². The zero-order chi connectivity index (χ0) is 13.3. The maximum absolute atomic E-state index is 13.3. The van der Waals surface area contributed by atoms with Crippen LogP contribution in [-0.4, -0.2) is 45.0 Å². The van der Waals surface area contributed by atoms with Crippen molar-refractivity contribution in [3.05, 3.63) is 0 Å². The van der Waals surface area contributed by atoms with E-state index in [1.807, 2.05) is 0 Å². The minimum Gasteiger partial charge on any atom is -0.414 e. The Kier molecular flexibility index (Phi) is 4.74. The molecule has 1 heterocycles. The van der Waals surface area contributed by atoms with Gasteiger partial charge in [0.05, 0.1) is 13.2 Å². The lowest BCUT2D eigenvalue weighted by atomic mass is 10.0. The Morgan fingerprint density at radius 3 is 2.53 bits per heavy atom. The fourth-order valence-electron chi connectivity index (χ4n) is 1.49. The van der Waals surface area contributed by atoms with E-state index in [2.05, 4.69) is 33.9 Å². The van der Waals surface area contributed by atoms with Gasteiger partial charge in [0, 0.05) is 6.42 Å². The summed E-state index contributed by atoms with van der Waals surface area (Å²) in [6.45, 7) is 11.4. The van der Waals surface area contributed by atoms with Gasteiger partial charge >= 0.3 is 0 Å². The lowest BCUT2D eigenvalue weighted by Crippen LogP contribution is -2.49. The van der Waals surface area contributed by atoms with Crippen LogP contribution in [0.1, 0.15) is 27.2 Å². The standard InChI is InChI=1S/C12H25FO3Si/c1-12(2,3)17(4,5)16-8-10-11(14)9(13)6-7-15-10/h9-11,14H,6-8H2,1-5H3/t9-,10+,11-/m0/s1. The van der Waals surface area contributed by atoms with Crippen molar-refractivity contribution in [1.82, 2.24) is 0 Å². The Morgan fingerprint density at radius 2 is 2.00 bits per heavy atom.